The van der Waals surface area contributed by atoms with Crippen molar-refractivity contribution < 1.29 is 39.1 Å². The molecule has 0 N–H and O–H groups in total. The number of ether oxygens (including phenoxy) is 1. The molecule has 1 nitrogen and oxygen atoms in total. The van der Waals surface area contributed by atoms with Crippen molar-refractivity contribution in [3.63, 3.8) is 0 Å². The van der Waals surface area contributed by atoms with Crippen LogP contribution in [0.25, 0.3) is 0 Å². The Morgan fingerprint density at radius 1 is 0.741 bits per heavy atom. The van der Waals surface area contributed by atoms with Gasteiger partial charge < -0.3 is 4.74 Å². The lowest BCUT2D eigenvalue weighted by atomic mass is 9.87. The Labute approximate surface area is 167 Å². The molecule has 0 radical (unpaired) electrons. The van der Waals surface area contributed by atoms with Crippen LogP contribution in [0.15, 0.2) is 60.7 Å². The highest BCUT2D eigenvalue weighted by atomic mass is 127. The van der Waals surface area contributed by atoms with Gasteiger partial charge in [-0.1, -0.05) is 32.9 Å². The number of halogens is 4. The summed E-state index contributed by atoms with van der Waals surface area (Å²) in [7, 11) is 0. The molecule has 0 unspecified atom stereocenters. The lowest BCUT2D eigenvalue weighted by Crippen LogP contribution is -3.61. The molecule has 140 valence electrons. The standard InChI is InChI=1S/C22H19F3IO/c1-22(2,3)14-4-6-16(7-5-14)26-17-8-10-18(11-9-17)27-21-19(24)12-15(23)13-20(21)25/h4-13H,1-3H3/q+1. The fourth-order valence-electron chi connectivity index (χ4n) is 2.45. The summed E-state index contributed by atoms with van der Waals surface area (Å²) in [4.78, 5) is 0. The second kappa shape index (κ2) is 7.92. The molecule has 0 aliphatic heterocycles. The SMILES string of the molecule is CC(C)(C)c1ccc([I+]c2ccc(Oc3c(F)cc(F)cc3F)cc2)cc1. The summed E-state index contributed by atoms with van der Waals surface area (Å²) in [6, 6.07) is 16.9. The van der Waals surface area contributed by atoms with Gasteiger partial charge in [0.05, 0.1) is 0 Å². The maximum absolute atomic E-state index is 13.7. The maximum atomic E-state index is 13.7. The van der Waals surface area contributed by atoms with E-state index in [1.54, 1.807) is 12.1 Å². The van der Waals surface area contributed by atoms with Crippen molar-refractivity contribution in [2.45, 2.75) is 26.2 Å². The molecule has 3 aromatic carbocycles. The van der Waals surface area contributed by atoms with Crippen molar-refractivity contribution in [2.75, 3.05) is 0 Å². The Morgan fingerprint density at radius 2 is 1.22 bits per heavy atom. The Kier molecular flexibility index (Phi) is 5.79. The van der Waals surface area contributed by atoms with Crippen LogP contribution in [0.5, 0.6) is 11.5 Å². The monoisotopic (exact) mass is 483 g/mol. The largest absolute Gasteiger partial charge is 0.451 e. The molecular weight excluding hydrogens is 464 g/mol. The second-order valence-corrected chi connectivity index (χ2v) is 10.1. The number of benzene rings is 3. The minimum absolute atomic E-state index is 0.126. The summed E-state index contributed by atoms with van der Waals surface area (Å²) in [6.07, 6.45) is 0. The lowest BCUT2D eigenvalue weighted by Gasteiger charge is -2.18. The van der Waals surface area contributed by atoms with E-state index in [1.165, 1.54) is 9.13 Å². The molecule has 27 heavy (non-hydrogen) atoms. The Balaban J connectivity index is 1.71. The van der Waals surface area contributed by atoms with Gasteiger partial charge in [-0.05, 0) is 47.4 Å². The first kappa shape index (κ1) is 19.7. The molecule has 0 aromatic heterocycles. The van der Waals surface area contributed by atoms with Gasteiger partial charge in [0, 0.05) is 12.1 Å². The van der Waals surface area contributed by atoms with Gasteiger partial charge in [-0.15, -0.1) is 0 Å². The molecule has 3 rings (SSSR count). The topological polar surface area (TPSA) is 9.23 Å². The van der Waals surface area contributed by atoms with Crippen molar-refractivity contribution >= 4 is 0 Å². The maximum Gasteiger partial charge on any atom is 0.357 e. The van der Waals surface area contributed by atoms with Crippen molar-refractivity contribution in [1.29, 1.82) is 0 Å². The first-order valence-electron chi connectivity index (χ1n) is 8.40. The molecular formula is C22H19F3IO+. The van der Waals surface area contributed by atoms with Crippen molar-refractivity contribution in [2.24, 2.45) is 0 Å². The van der Waals surface area contributed by atoms with E-state index in [-0.39, 0.29) is 26.6 Å². The molecule has 0 fully saturated rings. The van der Waals surface area contributed by atoms with Crippen molar-refractivity contribution in [1.82, 2.24) is 0 Å². The predicted octanol–water partition coefficient (Wildman–Crippen LogP) is 3.32. The molecule has 0 saturated carbocycles. The van der Waals surface area contributed by atoms with Crippen LogP contribution in [0, 0.1) is 24.6 Å². The van der Waals surface area contributed by atoms with E-state index in [0.29, 0.717) is 17.9 Å². The third-order valence-electron chi connectivity index (χ3n) is 3.93. The number of hydrogen-bond acceptors (Lipinski definition) is 1. The van der Waals surface area contributed by atoms with E-state index >= 15 is 0 Å². The molecule has 0 aliphatic rings. The van der Waals surface area contributed by atoms with Gasteiger partial charge in [0.1, 0.15) is 11.6 Å². The number of rotatable bonds is 4. The van der Waals surface area contributed by atoms with Gasteiger partial charge in [0.2, 0.25) is 0 Å². The highest BCUT2D eigenvalue weighted by Crippen LogP contribution is 2.28. The molecule has 3 aromatic rings. The minimum atomic E-state index is -1.07. The summed E-state index contributed by atoms with van der Waals surface area (Å²) >= 11 is -0.365. The van der Waals surface area contributed by atoms with Crippen LogP contribution in [0.3, 0.4) is 0 Å². The average molecular weight is 483 g/mol. The fraction of sp³-hybridized carbons (Fsp3) is 0.182. The third-order valence-corrected chi connectivity index (χ3v) is 6.61. The minimum Gasteiger partial charge on any atom is -0.451 e. The summed E-state index contributed by atoms with van der Waals surface area (Å²) in [5.41, 5.74) is 1.42. The van der Waals surface area contributed by atoms with E-state index < -0.39 is 23.2 Å². The second-order valence-electron chi connectivity index (χ2n) is 7.11. The predicted molar refractivity (Wildman–Crippen MR) is 95.4 cm³/mol. The smallest absolute Gasteiger partial charge is 0.357 e. The lowest BCUT2D eigenvalue weighted by molar-refractivity contribution is -0.597. The first-order chi connectivity index (χ1) is 12.7. The van der Waals surface area contributed by atoms with Gasteiger partial charge in [-0.3, -0.25) is 0 Å². The van der Waals surface area contributed by atoms with E-state index in [4.69, 9.17) is 4.74 Å². The molecule has 0 aliphatic carbocycles. The van der Waals surface area contributed by atoms with Gasteiger partial charge in [0.25, 0.3) is 0 Å². The summed E-state index contributed by atoms with van der Waals surface area (Å²) in [5.74, 6) is -3.41. The van der Waals surface area contributed by atoms with Crippen LogP contribution in [0.2, 0.25) is 0 Å². The zero-order valence-corrected chi connectivity index (χ0v) is 17.4. The Bertz CT molecular complexity index is 906. The van der Waals surface area contributed by atoms with Crippen molar-refractivity contribution in [3.05, 3.63) is 90.8 Å². The Morgan fingerprint density at radius 3 is 1.70 bits per heavy atom. The zero-order valence-electron chi connectivity index (χ0n) is 15.2. The fourth-order valence-corrected chi connectivity index (χ4v) is 4.61. The molecule has 0 atom stereocenters. The highest BCUT2D eigenvalue weighted by molar-refractivity contribution is 5.33. The van der Waals surface area contributed by atoms with Crippen LogP contribution in [0.1, 0.15) is 26.3 Å². The molecule has 0 heterocycles. The molecule has 0 spiro atoms. The molecule has 0 saturated heterocycles. The molecule has 5 heteroatoms. The van der Waals surface area contributed by atoms with E-state index in [9.17, 15) is 13.2 Å². The third kappa shape index (κ3) is 5.03. The van der Waals surface area contributed by atoms with Gasteiger partial charge in [-0.25, -0.2) is 13.2 Å². The van der Waals surface area contributed by atoms with Gasteiger partial charge in [-0.2, -0.15) is 0 Å². The summed E-state index contributed by atoms with van der Waals surface area (Å²) in [5, 5.41) is 0. The average Bonchev–Trinajstić information content (AvgIpc) is 2.59. The van der Waals surface area contributed by atoms with Gasteiger partial charge >= 0.3 is 21.2 Å². The molecule has 0 amide bonds. The Hall–Kier alpha value is -2.02. The summed E-state index contributed by atoms with van der Waals surface area (Å²) in [6.45, 7) is 6.55. The zero-order chi connectivity index (χ0) is 19.6. The van der Waals surface area contributed by atoms with Crippen LogP contribution in [0.4, 0.5) is 13.2 Å². The quantitative estimate of drug-likeness (QED) is 0.518. The number of hydrogen-bond donors (Lipinski definition) is 0. The van der Waals surface area contributed by atoms with Crippen LogP contribution >= 0.6 is 0 Å². The van der Waals surface area contributed by atoms with E-state index in [1.807, 2.05) is 12.1 Å². The van der Waals surface area contributed by atoms with Crippen LogP contribution in [-0.2, 0) is 5.41 Å². The van der Waals surface area contributed by atoms with E-state index in [0.717, 1.165) is 3.57 Å². The van der Waals surface area contributed by atoms with Crippen LogP contribution in [-0.4, -0.2) is 0 Å². The van der Waals surface area contributed by atoms with Crippen LogP contribution < -0.4 is 25.9 Å². The summed E-state index contributed by atoms with van der Waals surface area (Å²) < 4.78 is 48.0. The molecule has 0 bridgehead atoms. The highest BCUT2D eigenvalue weighted by Gasteiger charge is 2.19. The van der Waals surface area contributed by atoms with Gasteiger partial charge in [0.15, 0.2) is 24.5 Å². The first-order valence-corrected chi connectivity index (χ1v) is 10.6. The van der Waals surface area contributed by atoms with Crippen molar-refractivity contribution in [3.8, 4) is 11.5 Å². The van der Waals surface area contributed by atoms with E-state index in [2.05, 4.69) is 45.0 Å². The normalized spacial score (nSPS) is 11.5.